The molecule has 2 heterocycles. The van der Waals surface area contributed by atoms with Crippen LogP contribution >= 0.6 is 0 Å². The minimum absolute atomic E-state index is 0.233. The number of aliphatic hydroxyl groups is 2. The molecule has 1 saturated heterocycles. The minimum atomic E-state index is -1.05. The number of hydrogen-bond donors (Lipinski definition) is 3. The van der Waals surface area contributed by atoms with E-state index in [4.69, 9.17) is 9.47 Å². The second kappa shape index (κ2) is 8.99. The summed E-state index contributed by atoms with van der Waals surface area (Å²) in [5, 5.41) is 23.6. The van der Waals surface area contributed by atoms with E-state index in [0.717, 1.165) is 24.5 Å². The molecule has 8 heteroatoms. The number of carbonyl (C=O) groups excluding carboxylic acids is 1. The first-order chi connectivity index (χ1) is 14.6. The number of anilines is 1. The Morgan fingerprint density at radius 3 is 2.53 bits per heavy atom. The molecule has 1 aliphatic heterocycles. The van der Waals surface area contributed by atoms with Crippen LogP contribution in [0.15, 0.2) is 42.6 Å². The molecule has 0 radical (unpaired) electrons. The van der Waals surface area contributed by atoms with Gasteiger partial charge in [0.2, 0.25) is 0 Å². The Morgan fingerprint density at radius 2 is 1.90 bits per heavy atom. The van der Waals surface area contributed by atoms with E-state index in [1.54, 1.807) is 37.6 Å². The predicted octanol–water partition coefficient (Wildman–Crippen LogP) is 0.934. The highest BCUT2D eigenvalue weighted by Gasteiger charge is 2.43. The molecule has 8 nitrogen and oxygen atoms in total. The minimum Gasteiger partial charge on any atom is -0.497 e. The van der Waals surface area contributed by atoms with Crippen molar-refractivity contribution in [3.63, 3.8) is 0 Å². The van der Waals surface area contributed by atoms with Crippen LogP contribution in [-0.2, 0) is 4.74 Å². The van der Waals surface area contributed by atoms with Crippen molar-refractivity contribution in [2.24, 2.45) is 0 Å². The second-order valence-corrected chi connectivity index (χ2v) is 7.68. The molecular weight excluding hydrogens is 386 g/mol. The standard InChI is InChI=1S/C22H27N3O5/c1-29-16-5-2-14(3-6-16)22(28)24-20-17(12-18(26)21(20)27)15-4-7-19(23-13-15)25-8-10-30-11-9-25/h2-7,13,17-18,20-21,26-27H,8-12H2,1H3,(H,24,28)/t17-,18-,20-,21-/m1/s1. The second-order valence-electron chi connectivity index (χ2n) is 7.68. The number of nitrogens with zero attached hydrogens (tertiary/aromatic N) is 2. The number of aromatic nitrogens is 1. The molecule has 0 unspecified atom stereocenters. The maximum Gasteiger partial charge on any atom is 0.251 e. The quantitative estimate of drug-likeness (QED) is 0.670. The Kier molecular flexibility index (Phi) is 6.17. The fraction of sp³-hybridized carbons (Fsp3) is 0.455. The van der Waals surface area contributed by atoms with Crippen molar-refractivity contribution in [3.8, 4) is 5.75 Å². The highest BCUT2D eigenvalue weighted by Crippen LogP contribution is 2.35. The van der Waals surface area contributed by atoms with Gasteiger partial charge in [-0.3, -0.25) is 4.79 Å². The van der Waals surface area contributed by atoms with Gasteiger partial charge in [-0.25, -0.2) is 4.98 Å². The van der Waals surface area contributed by atoms with E-state index in [2.05, 4.69) is 15.2 Å². The van der Waals surface area contributed by atoms with Crippen LogP contribution in [0.1, 0.15) is 28.3 Å². The number of ether oxygens (including phenoxy) is 2. The van der Waals surface area contributed by atoms with Gasteiger partial charge in [0.05, 0.1) is 32.5 Å². The smallest absolute Gasteiger partial charge is 0.251 e. The topological polar surface area (TPSA) is 104 Å². The van der Waals surface area contributed by atoms with Gasteiger partial charge in [0, 0.05) is 30.8 Å². The van der Waals surface area contributed by atoms with Crippen molar-refractivity contribution in [2.75, 3.05) is 38.3 Å². The van der Waals surface area contributed by atoms with Crippen molar-refractivity contribution < 1.29 is 24.5 Å². The summed E-state index contributed by atoms with van der Waals surface area (Å²) < 4.78 is 10.5. The van der Waals surface area contributed by atoms with Gasteiger partial charge in [-0.15, -0.1) is 0 Å². The summed E-state index contributed by atoms with van der Waals surface area (Å²) in [4.78, 5) is 19.4. The number of carbonyl (C=O) groups is 1. The van der Waals surface area contributed by atoms with Gasteiger partial charge in [0.15, 0.2) is 0 Å². The van der Waals surface area contributed by atoms with Crippen molar-refractivity contribution in [2.45, 2.75) is 30.6 Å². The molecule has 1 aliphatic carbocycles. The molecule has 2 fully saturated rings. The zero-order valence-electron chi connectivity index (χ0n) is 16.9. The lowest BCUT2D eigenvalue weighted by molar-refractivity contribution is 0.0294. The zero-order chi connectivity index (χ0) is 21.1. The molecule has 2 aromatic rings. The average molecular weight is 413 g/mol. The first-order valence-corrected chi connectivity index (χ1v) is 10.2. The normalized spacial score (nSPS) is 26.4. The number of benzene rings is 1. The number of nitrogens with one attached hydrogen (secondary N) is 1. The van der Waals surface area contributed by atoms with Gasteiger partial charge in [-0.1, -0.05) is 6.07 Å². The third-order valence-corrected chi connectivity index (χ3v) is 5.88. The summed E-state index contributed by atoms with van der Waals surface area (Å²) in [6.07, 6.45) is 0.172. The predicted molar refractivity (Wildman–Crippen MR) is 111 cm³/mol. The van der Waals surface area contributed by atoms with E-state index in [1.807, 2.05) is 12.1 Å². The third-order valence-electron chi connectivity index (χ3n) is 5.88. The lowest BCUT2D eigenvalue weighted by Gasteiger charge is -2.28. The lowest BCUT2D eigenvalue weighted by atomic mass is 9.94. The molecule has 1 aromatic carbocycles. The molecule has 2 aliphatic rings. The number of hydrogen-bond acceptors (Lipinski definition) is 7. The largest absolute Gasteiger partial charge is 0.497 e. The Labute approximate surface area is 175 Å². The molecule has 1 amide bonds. The Balaban J connectivity index is 1.49. The number of pyridine rings is 1. The Morgan fingerprint density at radius 1 is 1.17 bits per heavy atom. The van der Waals surface area contributed by atoms with Gasteiger partial charge in [0.1, 0.15) is 17.7 Å². The number of methoxy groups -OCH3 is 1. The van der Waals surface area contributed by atoms with Crippen molar-refractivity contribution in [3.05, 3.63) is 53.7 Å². The van der Waals surface area contributed by atoms with Crippen LogP contribution in [0.5, 0.6) is 5.75 Å². The maximum atomic E-state index is 12.7. The molecule has 4 atom stereocenters. The van der Waals surface area contributed by atoms with E-state index in [1.165, 1.54) is 0 Å². The van der Waals surface area contributed by atoms with Gasteiger partial charge >= 0.3 is 0 Å². The third kappa shape index (κ3) is 4.26. The Hall–Kier alpha value is -2.68. The zero-order valence-corrected chi connectivity index (χ0v) is 16.9. The summed E-state index contributed by atoms with van der Waals surface area (Å²) in [6.45, 7) is 2.97. The van der Waals surface area contributed by atoms with Gasteiger partial charge < -0.3 is 29.9 Å². The van der Waals surface area contributed by atoms with Crippen LogP contribution in [0.4, 0.5) is 5.82 Å². The maximum absolute atomic E-state index is 12.7. The van der Waals surface area contributed by atoms with Crippen LogP contribution in [0, 0.1) is 0 Å². The molecule has 1 aromatic heterocycles. The summed E-state index contributed by atoms with van der Waals surface area (Å²) in [5.74, 6) is 0.995. The van der Waals surface area contributed by atoms with Crippen LogP contribution in [0.3, 0.4) is 0 Å². The fourth-order valence-corrected chi connectivity index (χ4v) is 4.13. The number of rotatable bonds is 5. The van der Waals surface area contributed by atoms with Crippen molar-refractivity contribution in [1.82, 2.24) is 10.3 Å². The van der Waals surface area contributed by atoms with E-state index >= 15 is 0 Å². The van der Waals surface area contributed by atoms with Crippen LogP contribution in [0.25, 0.3) is 0 Å². The summed E-state index contributed by atoms with van der Waals surface area (Å²) >= 11 is 0. The highest BCUT2D eigenvalue weighted by molar-refractivity contribution is 5.94. The number of morpholine rings is 1. The molecule has 1 saturated carbocycles. The summed E-state index contributed by atoms with van der Waals surface area (Å²) in [5.41, 5.74) is 1.34. The summed E-state index contributed by atoms with van der Waals surface area (Å²) in [7, 11) is 1.56. The Bertz CT molecular complexity index is 852. The monoisotopic (exact) mass is 413 g/mol. The van der Waals surface area contributed by atoms with Crippen LogP contribution < -0.4 is 15.0 Å². The first kappa shape index (κ1) is 20.6. The van der Waals surface area contributed by atoms with Crippen molar-refractivity contribution >= 4 is 11.7 Å². The van der Waals surface area contributed by atoms with E-state index in [0.29, 0.717) is 30.9 Å². The molecular formula is C22H27N3O5. The molecule has 3 N–H and O–H groups in total. The molecule has 160 valence electrons. The first-order valence-electron chi connectivity index (χ1n) is 10.2. The molecule has 30 heavy (non-hydrogen) atoms. The van der Waals surface area contributed by atoms with Gasteiger partial charge in [-0.05, 0) is 42.3 Å². The molecule has 4 rings (SSSR count). The fourth-order valence-electron chi connectivity index (χ4n) is 4.13. The highest BCUT2D eigenvalue weighted by atomic mass is 16.5. The molecule has 0 bridgehead atoms. The van der Waals surface area contributed by atoms with Crippen LogP contribution in [-0.4, -0.2) is 72.8 Å². The summed E-state index contributed by atoms with van der Waals surface area (Å²) in [6, 6.07) is 10.0. The number of amides is 1. The van der Waals surface area contributed by atoms with Gasteiger partial charge in [-0.2, -0.15) is 0 Å². The van der Waals surface area contributed by atoms with E-state index < -0.39 is 18.2 Å². The number of aliphatic hydroxyl groups excluding tert-OH is 2. The van der Waals surface area contributed by atoms with E-state index in [-0.39, 0.29) is 11.8 Å². The SMILES string of the molecule is COc1ccc(C(=O)N[C@H]2[C@H](O)[C@H](O)C[C@@H]2c2ccc(N3CCOCC3)nc2)cc1. The van der Waals surface area contributed by atoms with Crippen molar-refractivity contribution in [1.29, 1.82) is 0 Å². The lowest BCUT2D eigenvalue weighted by Crippen LogP contribution is -2.45. The average Bonchev–Trinajstić information content (AvgIpc) is 3.08. The van der Waals surface area contributed by atoms with Gasteiger partial charge in [0.25, 0.3) is 5.91 Å². The molecule has 0 spiro atoms. The van der Waals surface area contributed by atoms with Crippen LogP contribution in [0.2, 0.25) is 0 Å². The van der Waals surface area contributed by atoms with E-state index in [9.17, 15) is 15.0 Å².